The zero-order chi connectivity index (χ0) is 77.9. The number of rotatable bonds is 0. The van der Waals surface area contributed by atoms with Gasteiger partial charge in [-0.05, 0) is 312 Å². The van der Waals surface area contributed by atoms with Crippen molar-refractivity contribution >= 4 is 57.8 Å². The van der Waals surface area contributed by atoms with E-state index < -0.39 is 10.8 Å². The SMILES string of the molecule is CC1CCCN(C)C1C.CC1CCCOC1C.CC1CCCS(=O)C1C.CC1CCCSC1C.CC1CCN(C)C1C.CC1CCN(C)CC1C.CC1CCOC1C.CC1CCOCC1C.CC1CCSC1C.CC1CCSCC1C.CC1CN(C)CC1C.CC1COCC1C.CC1CSCC1C. The highest BCUT2D eigenvalue weighted by atomic mass is 32.2. The Kier molecular flexibility index (Phi) is 58.6. The van der Waals surface area contributed by atoms with Crippen molar-refractivity contribution in [2.24, 2.45) is 112 Å². The zero-order valence-electron chi connectivity index (χ0n) is 74.2. The maximum absolute atomic E-state index is 11.1. The molecule has 0 aromatic rings. The van der Waals surface area contributed by atoms with Gasteiger partial charge in [-0.15, -0.1) is 0 Å². The fourth-order valence-electron chi connectivity index (χ4n) is 14.3. The van der Waals surface area contributed by atoms with Crippen LogP contribution in [0.1, 0.15) is 270 Å². The van der Waals surface area contributed by atoms with E-state index in [1.165, 1.54) is 157 Å². The van der Waals surface area contributed by atoms with Crippen LogP contribution >= 0.6 is 47.0 Å². The van der Waals surface area contributed by atoms with Crippen molar-refractivity contribution in [3.63, 3.8) is 0 Å². The highest BCUT2D eigenvalue weighted by Gasteiger charge is 2.28. The maximum Gasteiger partial charge on any atom is 0.0573 e. The van der Waals surface area contributed by atoms with E-state index in [2.05, 4.69) is 275 Å². The van der Waals surface area contributed by atoms with Crippen LogP contribution in [0, 0.1) is 112 Å². The Balaban J connectivity index is 0.000000558. The number of ether oxygens (including phenoxy) is 4. The summed E-state index contributed by atoms with van der Waals surface area (Å²) < 4.78 is 32.2. The Labute approximate surface area is 665 Å². The van der Waals surface area contributed by atoms with Gasteiger partial charge in [-0.1, -0.05) is 152 Å². The zero-order valence-corrected chi connectivity index (χ0v) is 78.3. The molecule has 13 saturated heterocycles. The molecule has 0 saturated carbocycles. The van der Waals surface area contributed by atoms with Gasteiger partial charge in [-0.3, -0.25) is 4.21 Å². The van der Waals surface area contributed by atoms with Crippen LogP contribution in [0.3, 0.4) is 0 Å². The minimum absolute atomic E-state index is 0.443. The number of piperidine rings is 2. The lowest BCUT2D eigenvalue weighted by Gasteiger charge is -2.34. The number of likely N-dealkylation sites (tertiary alicyclic amines) is 4. The molecule has 618 valence electrons. The molecule has 27 atom stereocenters. The molecule has 0 radical (unpaired) electrons. The first-order chi connectivity index (χ1) is 48.5. The maximum atomic E-state index is 11.1. The highest BCUT2D eigenvalue weighted by Crippen LogP contribution is 2.33. The van der Waals surface area contributed by atoms with Gasteiger partial charge in [-0.2, -0.15) is 47.0 Å². The molecule has 14 heteroatoms. The van der Waals surface area contributed by atoms with E-state index in [0.717, 1.165) is 181 Å². The normalized spacial score (nSPS) is 40.9. The van der Waals surface area contributed by atoms with Crippen LogP contribution < -0.4 is 0 Å². The Morgan fingerprint density at radius 3 is 1.02 bits per heavy atom. The van der Waals surface area contributed by atoms with E-state index in [1.807, 2.05) is 0 Å². The lowest BCUT2D eigenvalue weighted by Crippen LogP contribution is -2.39. The van der Waals surface area contributed by atoms with Crippen LogP contribution in [-0.2, 0) is 29.7 Å². The van der Waals surface area contributed by atoms with Gasteiger partial charge in [0.1, 0.15) is 0 Å². The molecule has 9 nitrogen and oxygen atoms in total. The molecule has 103 heavy (non-hydrogen) atoms. The second-order valence-electron chi connectivity index (χ2n) is 36.6. The predicted molar refractivity (Wildman–Crippen MR) is 471 cm³/mol. The van der Waals surface area contributed by atoms with Gasteiger partial charge in [0, 0.05) is 104 Å². The highest BCUT2D eigenvalue weighted by molar-refractivity contribution is 8.00. The summed E-state index contributed by atoms with van der Waals surface area (Å²) in [6.45, 7) is 73.1. The first-order valence-corrected chi connectivity index (χ1v) is 49.2. The summed E-state index contributed by atoms with van der Waals surface area (Å²) in [5.41, 5.74) is 0. The summed E-state index contributed by atoms with van der Waals surface area (Å²) >= 11 is 8.43. The Hall–Kier alpha value is 1.23. The third kappa shape index (κ3) is 46.3. The summed E-state index contributed by atoms with van der Waals surface area (Å²) in [4.78, 5) is 9.69. The van der Waals surface area contributed by atoms with Crippen molar-refractivity contribution in [1.82, 2.24) is 19.6 Å². The number of hydrogen-bond acceptors (Lipinski definition) is 13. The van der Waals surface area contributed by atoms with Crippen molar-refractivity contribution in [3.8, 4) is 0 Å². The Morgan fingerprint density at radius 1 is 0.311 bits per heavy atom. The summed E-state index contributed by atoms with van der Waals surface area (Å²) in [5, 5.41) is 2.29. The second-order valence-corrected chi connectivity index (χ2v) is 43.7. The smallest absolute Gasteiger partial charge is 0.0573 e. The van der Waals surface area contributed by atoms with Gasteiger partial charge < -0.3 is 38.5 Å². The fourth-order valence-corrected chi connectivity index (χ4v) is 21.2. The van der Waals surface area contributed by atoms with Crippen LogP contribution in [-0.4, -0.2) is 211 Å². The lowest BCUT2D eigenvalue weighted by molar-refractivity contribution is -0.00789. The van der Waals surface area contributed by atoms with Crippen LogP contribution in [0.2, 0.25) is 0 Å². The van der Waals surface area contributed by atoms with Crippen LogP contribution in [0.5, 0.6) is 0 Å². The quantitative estimate of drug-likeness (QED) is 0.232. The van der Waals surface area contributed by atoms with E-state index in [1.54, 1.807) is 0 Å². The molecular formula is C89H182N4O5S5. The van der Waals surface area contributed by atoms with Crippen molar-refractivity contribution in [1.29, 1.82) is 0 Å². The van der Waals surface area contributed by atoms with Crippen molar-refractivity contribution in [3.05, 3.63) is 0 Å². The molecule has 0 bridgehead atoms. The molecule has 13 heterocycles. The summed E-state index contributed by atoms with van der Waals surface area (Å²) in [7, 11) is 8.32. The monoisotopic (exact) mass is 1550 g/mol. The minimum Gasteiger partial charge on any atom is -0.381 e. The molecule has 0 aromatic heterocycles. The van der Waals surface area contributed by atoms with Crippen LogP contribution in [0.15, 0.2) is 0 Å². The van der Waals surface area contributed by atoms with Crippen LogP contribution in [0.4, 0.5) is 0 Å². The molecule has 0 aliphatic carbocycles. The molecule has 13 rings (SSSR count). The molecule has 0 spiro atoms. The van der Waals surface area contributed by atoms with E-state index in [4.69, 9.17) is 18.9 Å². The standard InChI is InChI=1S/2C8H17N.2C7H15N.C7H14OS.2C7H14O.2C7H14S.2C6H12O.2C6H12S/c1-7-4-5-9(3)6-8(7)2;1-7-5-4-6-9(3)8(7)2;1-6-4-8(3)5-7(6)2;1-6-4-5-8(3)7(6)2;1-6-4-3-5-9(8)7(6)2;1-6-3-4-8-5-7(6)2;1-6-4-3-5-8-7(6)2;1-6-3-4-8-5-7(6)2;1-6-4-3-5-8-7(6)2;1-5-3-7-4-6(5)2;1-5-3-4-7-6(5)2;1-5-3-7-4-6(5)2;1-5-3-4-7-6(5)2/h2*7-8H,4-6H2,1-3H3;2*6-7H,4-5H2,1-3H3;6-7H,3-5H2,1-2H3;4*6-7H,3-5H2,1-2H3;4*5-6H,3-4H2,1-2H3. The van der Waals surface area contributed by atoms with Gasteiger partial charge in [0.25, 0.3) is 0 Å². The summed E-state index contributed by atoms with van der Waals surface area (Å²) in [6, 6.07) is 1.62. The summed E-state index contributed by atoms with van der Waals surface area (Å²) in [6.07, 6.45) is 19.9. The lowest BCUT2D eigenvalue weighted by atomic mass is 9.89. The Bertz CT molecular complexity index is 1750. The van der Waals surface area contributed by atoms with E-state index >= 15 is 0 Å². The van der Waals surface area contributed by atoms with E-state index in [9.17, 15) is 4.21 Å². The molecule has 27 unspecified atom stereocenters. The molecule has 0 N–H and O–H groups in total. The second kappa shape index (κ2) is 59.0. The number of thioether (sulfide) groups is 4. The molecule has 0 amide bonds. The molecule has 13 aliphatic heterocycles. The van der Waals surface area contributed by atoms with Gasteiger partial charge in [0.15, 0.2) is 0 Å². The van der Waals surface area contributed by atoms with Gasteiger partial charge in [0.05, 0.1) is 12.2 Å². The number of nitrogens with zero attached hydrogens (tertiary/aromatic N) is 4. The minimum atomic E-state index is -0.515. The molecule has 13 aliphatic rings. The van der Waals surface area contributed by atoms with E-state index in [0.29, 0.717) is 23.4 Å². The van der Waals surface area contributed by atoms with Gasteiger partial charge >= 0.3 is 0 Å². The average Bonchev–Trinajstić information content (AvgIpc) is 1.36. The third-order valence-corrected chi connectivity index (χ3v) is 34.9. The van der Waals surface area contributed by atoms with Crippen molar-refractivity contribution in [2.45, 2.75) is 310 Å². The topological polar surface area (TPSA) is 67.0 Å². The van der Waals surface area contributed by atoms with Gasteiger partial charge in [0.2, 0.25) is 0 Å². The van der Waals surface area contributed by atoms with Crippen molar-refractivity contribution < 1.29 is 23.2 Å². The van der Waals surface area contributed by atoms with E-state index in [-0.39, 0.29) is 0 Å². The van der Waals surface area contributed by atoms with Crippen molar-refractivity contribution in [2.75, 3.05) is 147 Å². The largest absolute Gasteiger partial charge is 0.381 e. The predicted octanol–water partition coefficient (Wildman–Crippen LogP) is 22.7. The Morgan fingerprint density at radius 2 is 0.728 bits per heavy atom. The molecular weight excluding hydrogens is 1370 g/mol. The summed E-state index contributed by atoms with van der Waals surface area (Å²) in [5.74, 6) is 26.1. The fraction of sp³-hybridized carbons (Fsp3) is 1.00. The molecule has 13 fully saturated rings. The van der Waals surface area contributed by atoms with Crippen LogP contribution in [0.25, 0.3) is 0 Å². The molecule has 0 aromatic carbocycles. The first-order valence-electron chi connectivity index (χ1n) is 43.4. The number of hydrogen-bond donors (Lipinski definition) is 0. The average molecular weight is 1550 g/mol. The van der Waals surface area contributed by atoms with Gasteiger partial charge in [-0.25, -0.2) is 0 Å². The first kappa shape index (κ1) is 102. The third-order valence-electron chi connectivity index (χ3n) is 27.2.